The highest BCUT2D eigenvalue weighted by Gasteiger charge is 2.33. The minimum absolute atomic E-state index is 0.0300. The van der Waals surface area contributed by atoms with Crippen LogP contribution in [0.4, 0.5) is 0 Å². The van der Waals surface area contributed by atoms with Gasteiger partial charge in [-0.1, -0.05) is 19.9 Å². The highest BCUT2D eigenvalue weighted by Crippen LogP contribution is 2.22. The van der Waals surface area contributed by atoms with E-state index in [0.29, 0.717) is 12.8 Å². The van der Waals surface area contributed by atoms with E-state index in [0.717, 1.165) is 12.8 Å². The van der Waals surface area contributed by atoms with Gasteiger partial charge in [0.25, 0.3) is 0 Å². The number of amides is 1. The van der Waals surface area contributed by atoms with Gasteiger partial charge in [0.1, 0.15) is 6.23 Å². The molecule has 0 spiro atoms. The van der Waals surface area contributed by atoms with Gasteiger partial charge in [0.15, 0.2) is 0 Å². The van der Waals surface area contributed by atoms with Gasteiger partial charge in [-0.3, -0.25) is 4.79 Å². The molecule has 1 heterocycles. The first kappa shape index (κ1) is 11.0. The molecule has 0 aromatic carbocycles. The Morgan fingerprint density at radius 1 is 1.86 bits per heavy atom. The summed E-state index contributed by atoms with van der Waals surface area (Å²) in [6.45, 7) is 5.56. The molecule has 0 aromatic rings. The number of carbonyl (C=O) groups excluding carboxylic acids is 1. The summed E-state index contributed by atoms with van der Waals surface area (Å²) >= 11 is 0. The van der Waals surface area contributed by atoms with Gasteiger partial charge < -0.3 is 10.0 Å². The average Bonchev–Trinajstić information content (AvgIpc) is 2.46. The number of carbonyl (C=O) groups is 1. The lowest BCUT2D eigenvalue weighted by molar-refractivity contribution is -0.135. The van der Waals surface area contributed by atoms with Crippen molar-refractivity contribution >= 4 is 5.91 Å². The summed E-state index contributed by atoms with van der Waals surface area (Å²) in [4.78, 5) is 13.0. The average molecular weight is 195 g/mol. The maximum atomic E-state index is 11.5. The van der Waals surface area contributed by atoms with Gasteiger partial charge in [0, 0.05) is 12.8 Å². The summed E-state index contributed by atoms with van der Waals surface area (Å²) in [5.74, 6) is 0.0300. The minimum Gasteiger partial charge on any atom is -0.373 e. The molecule has 0 aromatic heterocycles. The van der Waals surface area contributed by atoms with Crippen molar-refractivity contribution in [2.75, 3.05) is 0 Å². The molecule has 0 saturated carbocycles. The number of likely N-dealkylation sites (tertiary alicyclic amines) is 1. The molecule has 1 fully saturated rings. The molecular formula is C11H17NO2. The van der Waals surface area contributed by atoms with E-state index in [2.05, 4.69) is 19.2 Å². The SMILES string of the molecule is C=C=CC(CCC)N1C(=O)CCC1O. The fraction of sp³-hybridized carbons (Fsp3) is 0.636. The molecule has 0 bridgehead atoms. The van der Waals surface area contributed by atoms with Crippen LogP contribution in [-0.4, -0.2) is 28.2 Å². The van der Waals surface area contributed by atoms with Gasteiger partial charge >= 0.3 is 0 Å². The van der Waals surface area contributed by atoms with Crippen LogP contribution in [0.2, 0.25) is 0 Å². The van der Waals surface area contributed by atoms with Crippen LogP contribution in [0.3, 0.4) is 0 Å². The number of aliphatic hydroxyl groups excluding tert-OH is 1. The van der Waals surface area contributed by atoms with Gasteiger partial charge in [-0.05, 0) is 12.5 Å². The van der Waals surface area contributed by atoms with Crippen molar-refractivity contribution in [2.24, 2.45) is 0 Å². The number of nitrogens with zero attached hydrogens (tertiary/aromatic N) is 1. The van der Waals surface area contributed by atoms with E-state index in [1.54, 1.807) is 11.0 Å². The van der Waals surface area contributed by atoms with Crippen LogP contribution in [0.15, 0.2) is 18.4 Å². The largest absolute Gasteiger partial charge is 0.373 e. The lowest BCUT2D eigenvalue weighted by atomic mass is 10.1. The van der Waals surface area contributed by atoms with Crippen LogP contribution in [0.5, 0.6) is 0 Å². The molecule has 1 saturated heterocycles. The van der Waals surface area contributed by atoms with Crippen LogP contribution in [-0.2, 0) is 4.79 Å². The molecule has 1 aliphatic rings. The Morgan fingerprint density at radius 3 is 3.00 bits per heavy atom. The van der Waals surface area contributed by atoms with Crippen LogP contribution in [0.25, 0.3) is 0 Å². The maximum absolute atomic E-state index is 11.5. The van der Waals surface area contributed by atoms with E-state index in [1.165, 1.54) is 0 Å². The van der Waals surface area contributed by atoms with Crippen molar-refractivity contribution in [1.29, 1.82) is 0 Å². The number of hydrogen-bond donors (Lipinski definition) is 1. The Hall–Kier alpha value is -1.05. The van der Waals surface area contributed by atoms with Crippen molar-refractivity contribution in [2.45, 2.75) is 44.9 Å². The quantitative estimate of drug-likeness (QED) is 0.689. The van der Waals surface area contributed by atoms with E-state index < -0.39 is 6.23 Å². The second kappa shape index (κ2) is 4.99. The minimum atomic E-state index is -0.622. The van der Waals surface area contributed by atoms with Gasteiger partial charge in [-0.25, -0.2) is 0 Å². The predicted molar refractivity (Wildman–Crippen MR) is 54.5 cm³/mol. The molecule has 1 amide bonds. The van der Waals surface area contributed by atoms with Crippen LogP contribution in [0, 0.1) is 0 Å². The smallest absolute Gasteiger partial charge is 0.225 e. The van der Waals surface area contributed by atoms with E-state index in [4.69, 9.17) is 0 Å². The predicted octanol–water partition coefficient (Wildman–Crippen LogP) is 1.44. The molecule has 3 heteroatoms. The highest BCUT2D eigenvalue weighted by molar-refractivity contribution is 5.79. The van der Waals surface area contributed by atoms with Gasteiger partial charge in [0.2, 0.25) is 5.91 Å². The molecule has 3 nitrogen and oxygen atoms in total. The van der Waals surface area contributed by atoms with Crippen LogP contribution in [0.1, 0.15) is 32.6 Å². The van der Waals surface area contributed by atoms with E-state index in [1.807, 2.05) is 0 Å². The first-order valence-electron chi connectivity index (χ1n) is 5.06. The summed E-state index contributed by atoms with van der Waals surface area (Å²) in [6.07, 6.45) is 3.96. The fourth-order valence-electron chi connectivity index (χ4n) is 1.83. The first-order valence-corrected chi connectivity index (χ1v) is 5.06. The summed E-state index contributed by atoms with van der Waals surface area (Å²) < 4.78 is 0. The molecule has 2 unspecified atom stereocenters. The molecule has 14 heavy (non-hydrogen) atoms. The van der Waals surface area contributed by atoms with Crippen molar-refractivity contribution in [1.82, 2.24) is 4.90 Å². The van der Waals surface area contributed by atoms with Crippen molar-refractivity contribution in [3.05, 3.63) is 18.4 Å². The second-order valence-electron chi connectivity index (χ2n) is 3.55. The number of hydrogen-bond acceptors (Lipinski definition) is 2. The summed E-state index contributed by atoms with van der Waals surface area (Å²) in [7, 11) is 0. The molecule has 0 aliphatic carbocycles. The Balaban J connectivity index is 2.75. The fourth-order valence-corrected chi connectivity index (χ4v) is 1.83. The van der Waals surface area contributed by atoms with Gasteiger partial charge in [0.05, 0.1) is 6.04 Å². The maximum Gasteiger partial charge on any atom is 0.225 e. The molecule has 2 atom stereocenters. The summed E-state index contributed by atoms with van der Waals surface area (Å²) in [5, 5.41) is 9.62. The first-order chi connectivity index (χ1) is 6.70. The molecule has 78 valence electrons. The zero-order chi connectivity index (χ0) is 10.6. The third-order valence-corrected chi connectivity index (χ3v) is 2.48. The molecule has 1 rings (SSSR count). The Bertz CT molecular complexity index is 256. The second-order valence-corrected chi connectivity index (χ2v) is 3.55. The molecule has 0 radical (unpaired) electrons. The Labute approximate surface area is 84.7 Å². The highest BCUT2D eigenvalue weighted by atomic mass is 16.3. The summed E-state index contributed by atoms with van der Waals surface area (Å²) in [5.41, 5.74) is 2.69. The lowest BCUT2D eigenvalue weighted by Gasteiger charge is -2.27. The third-order valence-electron chi connectivity index (χ3n) is 2.48. The van der Waals surface area contributed by atoms with E-state index in [-0.39, 0.29) is 11.9 Å². The zero-order valence-corrected chi connectivity index (χ0v) is 8.57. The van der Waals surface area contributed by atoms with Crippen LogP contribution >= 0.6 is 0 Å². The number of aliphatic hydroxyl groups is 1. The van der Waals surface area contributed by atoms with Crippen molar-refractivity contribution in [3.63, 3.8) is 0 Å². The lowest BCUT2D eigenvalue weighted by Crippen LogP contribution is -2.40. The van der Waals surface area contributed by atoms with Gasteiger partial charge in [-0.15, -0.1) is 5.73 Å². The Kier molecular flexibility index (Phi) is 3.93. The summed E-state index contributed by atoms with van der Waals surface area (Å²) in [6, 6.07) is -0.0394. The van der Waals surface area contributed by atoms with Gasteiger partial charge in [-0.2, -0.15) is 0 Å². The van der Waals surface area contributed by atoms with E-state index in [9.17, 15) is 9.90 Å². The van der Waals surface area contributed by atoms with Crippen molar-refractivity contribution in [3.8, 4) is 0 Å². The Morgan fingerprint density at radius 2 is 2.57 bits per heavy atom. The molecular weight excluding hydrogens is 178 g/mol. The molecule has 1 N–H and O–H groups in total. The topological polar surface area (TPSA) is 40.5 Å². The monoisotopic (exact) mass is 195 g/mol. The standard InChI is InChI=1S/C11H17NO2/c1-3-5-9(6-4-2)12-10(13)7-8-11(12)14/h5,9-10,13H,1,4,6-8H2,2H3. The van der Waals surface area contributed by atoms with Crippen LogP contribution < -0.4 is 0 Å². The number of rotatable bonds is 4. The van der Waals surface area contributed by atoms with E-state index >= 15 is 0 Å². The van der Waals surface area contributed by atoms with Crippen molar-refractivity contribution < 1.29 is 9.90 Å². The normalized spacial score (nSPS) is 23.4. The zero-order valence-electron chi connectivity index (χ0n) is 8.57. The molecule has 1 aliphatic heterocycles. The third kappa shape index (κ3) is 2.25.